The molecular weight excluding hydrogens is 458 g/mol. The third-order valence-electron chi connectivity index (χ3n) is 6.50. The van der Waals surface area contributed by atoms with Crippen LogP contribution in [0.5, 0.6) is 0 Å². The molecule has 6 heteroatoms. The van der Waals surface area contributed by atoms with Gasteiger partial charge < -0.3 is 10.1 Å². The minimum absolute atomic E-state index is 0.0438. The van der Waals surface area contributed by atoms with Crippen LogP contribution in [0.25, 0.3) is 0 Å². The SMILES string of the molecule is CCNC(=O)c1ccc(CCC[C@H]2CCC(Cl)[C@@H]2CSc2cc(C)c(COC)c(C)c2)s1. The van der Waals surface area contributed by atoms with Gasteiger partial charge >= 0.3 is 0 Å². The quantitative estimate of drug-likeness (QED) is 0.270. The van der Waals surface area contributed by atoms with Crippen molar-refractivity contribution in [1.29, 1.82) is 0 Å². The Morgan fingerprint density at radius 2 is 2.00 bits per heavy atom. The Kier molecular flexibility index (Phi) is 9.97. The number of methoxy groups -OCH3 is 1. The van der Waals surface area contributed by atoms with E-state index in [0.29, 0.717) is 25.0 Å². The number of benzene rings is 1. The molecule has 1 aliphatic carbocycles. The van der Waals surface area contributed by atoms with Gasteiger partial charge in [-0.15, -0.1) is 34.7 Å². The Morgan fingerprint density at radius 1 is 1.25 bits per heavy atom. The number of rotatable bonds is 11. The molecule has 0 saturated heterocycles. The first-order valence-electron chi connectivity index (χ1n) is 11.7. The lowest BCUT2D eigenvalue weighted by atomic mass is 9.92. The lowest BCUT2D eigenvalue weighted by molar-refractivity contribution is 0.0960. The van der Waals surface area contributed by atoms with Crippen molar-refractivity contribution in [2.75, 3.05) is 19.4 Å². The molecule has 0 spiro atoms. The second-order valence-corrected chi connectivity index (χ2v) is 11.6. The van der Waals surface area contributed by atoms with Crippen LogP contribution in [0.2, 0.25) is 0 Å². The molecule has 0 bridgehead atoms. The molecule has 0 radical (unpaired) electrons. The predicted molar refractivity (Wildman–Crippen MR) is 138 cm³/mol. The van der Waals surface area contributed by atoms with Crippen molar-refractivity contribution in [1.82, 2.24) is 5.32 Å². The summed E-state index contributed by atoms with van der Waals surface area (Å²) in [5.74, 6) is 2.39. The summed E-state index contributed by atoms with van der Waals surface area (Å²) in [5, 5.41) is 3.16. The molecule has 1 N–H and O–H groups in total. The number of thioether (sulfide) groups is 1. The lowest BCUT2D eigenvalue weighted by Crippen LogP contribution is -2.21. The van der Waals surface area contributed by atoms with Gasteiger partial charge in [0.25, 0.3) is 5.91 Å². The Balaban J connectivity index is 1.51. The van der Waals surface area contributed by atoms with E-state index in [1.54, 1.807) is 18.4 Å². The number of alkyl halides is 1. The zero-order valence-electron chi connectivity index (χ0n) is 19.7. The molecule has 0 aliphatic heterocycles. The van der Waals surface area contributed by atoms with Crippen molar-refractivity contribution in [3.05, 3.63) is 50.7 Å². The number of ether oxygens (including phenoxy) is 1. The summed E-state index contributed by atoms with van der Waals surface area (Å²) < 4.78 is 5.35. The summed E-state index contributed by atoms with van der Waals surface area (Å²) in [6.45, 7) is 7.65. The van der Waals surface area contributed by atoms with Gasteiger partial charge in [-0.25, -0.2) is 0 Å². The number of nitrogens with one attached hydrogen (secondary N) is 1. The molecule has 32 heavy (non-hydrogen) atoms. The monoisotopic (exact) mass is 493 g/mol. The van der Waals surface area contributed by atoms with Crippen LogP contribution in [0, 0.1) is 25.7 Å². The smallest absolute Gasteiger partial charge is 0.261 e. The van der Waals surface area contributed by atoms with Gasteiger partial charge in [0.2, 0.25) is 0 Å². The summed E-state index contributed by atoms with van der Waals surface area (Å²) in [6, 6.07) is 8.65. The highest BCUT2D eigenvalue weighted by Gasteiger charge is 2.34. The first-order chi connectivity index (χ1) is 15.4. The third kappa shape index (κ3) is 6.75. The van der Waals surface area contributed by atoms with Gasteiger partial charge in [0, 0.05) is 34.6 Å². The highest BCUT2D eigenvalue weighted by Crippen LogP contribution is 2.42. The molecule has 1 heterocycles. The van der Waals surface area contributed by atoms with Crippen molar-refractivity contribution in [2.24, 2.45) is 11.8 Å². The maximum Gasteiger partial charge on any atom is 0.261 e. The first kappa shape index (κ1) is 25.6. The van der Waals surface area contributed by atoms with E-state index in [1.807, 2.05) is 24.8 Å². The molecule has 1 aromatic carbocycles. The molecule has 1 aromatic heterocycles. The highest BCUT2D eigenvalue weighted by molar-refractivity contribution is 7.99. The lowest BCUT2D eigenvalue weighted by Gasteiger charge is -2.22. The van der Waals surface area contributed by atoms with Gasteiger partial charge in [-0.1, -0.05) is 0 Å². The van der Waals surface area contributed by atoms with E-state index in [9.17, 15) is 4.79 Å². The number of halogens is 1. The number of aryl methyl sites for hydroxylation is 3. The maximum atomic E-state index is 12.0. The summed E-state index contributed by atoms with van der Waals surface area (Å²) in [5.41, 5.74) is 3.92. The molecule has 3 atom stereocenters. The topological polar surface area (TPSA) is 38.3 Å². The van der Waals surface area contributed by atoms with Crippen molar-refractivity contribution in [2.45, 2.75) is 69.8 Å². The van der Waals surface area contributed by atoms with Gasteiger partial charge in [0.15, 0.2) is 0 Å². The van der Waals surface area contributed by atoms with E-state index >= 15 is 0 Å². The van der Waals surface area contributed by atoms with Crippen molar-refractivity contribution in [3.63, 3.8) is 0 Å². The molecular formula is C26H36ClNO2S2. The first-order valence-corrected chi connectivity index (χ1v) is 13.9. The molecule has 1 amide bonds. The second kappa shape index (κ2) is 12.5. The van der Waals surface area contributed by atoms with Gasteiger partial charge in [-0.3, -0.25) is 4.79 Å². The van der Waals surface area contributed by atoms with Crippen molar-refractivity contribution < 1.29 is 9.53 Å². The molecule has 1 saturated carbocycles. The fourth-order valence-corrected chi connectivity index (χ4v) is 7.62. The standard InChI is InChI=1S/C26H36ClNO2S2/c1-5-28-26(29)25-12-10-20(32-25)8-6-7-19-9-11-24(27)23(19)16-31-21-13-17(2)22(15-30-4)18(3)14-21/h10,12-14,19,23-24H,5-9,11,15-16H2,1-4H3,(H,28,29)/t19-,23+,24?/m0/s1. The fourth-order valence-electron chi connectivity index (χ4n) is 4.72. The van der Waals surface area contributed by atoms with Crippen LogP contribution >= 0.6 is 34.7 Å². The average molecular weight is 494 g/mol. The maximum absolute atomic E-state index is 12.0. The number of thiophene rings is 1. The Labute approximate surface area is 206 Å². The van der Waals surface area contributed by atoms with Crippen LogP contribution < -0.4 is 5.32 Å². The van der Waals surface area contributed by atoms with E-state index < -0.39 is 0 Å². The number of hydrogen-bond acceptors (Lipinski definition) is 4. The van der Waals surface area contributed by atoms with Gasteiger partial charge in [-0.05, 0) is 106 Å². The van der Waals surface area contributed by atoms with E-state index in [1.165, 1.54) is 39.3 Å². The van der Waals surface area contributed by atoms with E-state index in [2.05, 4.69) is 37.4 Å². The molecule has 2 aromatic rings. The number of amides is 1. The van der Waals surface area contributed by atoms with E-state index in [0.717, 1.165) is 29.9 Å². The predicted octanol–water partition coefficient (Wildman–Crippen LogP) is 7.01. The molecule has 3 rings (SSSR count). The van der Waals surface area contributed by atoms with Crippen LogP contribution in [0.3, 0.4) is 0 Å². The van der Waals surface area contributed by atoms with Crippen molar-refractivity contribution in [3.8, 4) is 0 Å². The summed E-state index contributed by atoms with van der Waals surface area (Å²) in [4.78, 5) is 15.4. The minimum Gasteiger partial charge on any atom is -0.380 e. The largest absolute Gasteiger partial charge is 0.380 e. The zero-order valence-corrected chi connectivity index (χ0v) is 22.1. The van der Waals surface area contributed by atoms with Gasteiger partial charge in [0.05, 0.1) is 11.5 Å². The van der Waals surface area contributed by atoms with Crippen LogP contribution in [0.1, 0.15) is 63.8 Å². The van der Waals surface area contributed by atoms with Crippen LogP contribution in [-0.2, 0) is 17.8 Å². The number of carbonyl (C=O) groups is 1. The Morgan fingerprint density at radius 3 is 2.69 bits per heavy atom. The second-order valence-electron chi connectivity index (χ2n) is 8.81. The van der Waals surface area contributed by atoms with Gasteiger partial charge in [0.1, 0.15) is 0 Å². The fraction of sp³-hybridized carbons (Fsp3) is 0.577. The Hall–Kier alpha value is -1.01. The van der Waals surface area contributed by atoms with Crippen LogP contribution in [0.4, 0.5) is 0 Å². The minimum atomic E-state index is 0.0438. The normalized spacial score (nSPS) is 20.6. The molecule has 1 aliphatic rings. The molecule has 176 valence electrons. The van der Waals surface area contributed by atoms with Crippen LogP contribution in [-0.4, -0.2) is 30.7 Å². The van der Waals surface area contributed by atoms with Crippen molar-refractivity contribution >= 4 is 40.6 Å². The number of hydrogen-bond donors (Lipinski definition) is 1. The molecule has 1 fully saturated rings. The summed E-state index contributed by atoms with van der Waals surface area (Å²) in [6.07, 6.45) is 5.79. The summed E-state index contributed by atoms with van der Waals surface area (Å²) in [7, 11) is 1.75. The number of carbonyl (C=O) groups excluding carboxylic acids is 1. The third-order valence-corrected chi connectivity index (χ3v) is 9.31. The average Bonchev–Trinajstić information content (AvgIpc) is 3.36. The van der Waals surface area contributed by atoms with Gasteiger partial charge in [-0.2, -0.15) is 0 Å². The molecule has 3 nitrogen and oxygen atoms in total. The molecule has 1 unspecified atom stereocenters. The van der Waals surface area contributed by atoms with Crippen LogP contribution in [0.15, 0.2) is 29.2 Å². The highest BCUT2D eigenvalue weighted by atomic mass is 35.5. The Bertz CT molecular complexity index is 875. The van der Waals surface area contributed by atoms with E-state index in [4.69, 9.17) is 16.3 Å². The summed E-state index contributed by atoms with van der Waals surface area (Å²) >= 11 is 10.3. The van der Waals surface area contributed by atoms with E-state index in [-0.39, 0.29) is 11.3 Å². The zero-order chi connectivity index (χ0) is 23.1.